The third kappa shape index (κ3) is 4.22. The van der Waals surface area contributed by atoms with Crippen LogP contribution in [-0.4, -0.2) is 24.5 Å². The van der Waals surface area contributed by atoms with Gasteiger partial charge >= 0.3 is 6.61 Å². The molecule has 0 radical (unpaired) electrons. The molecule has 0 fully saturated rings. The fourth-order valence-corrected chi connectivity index (χ4v) is 1.28. The van der Waals surface area contributed by atoms with Gasteiger partial charge in [0.25, 0.3) is 0 Å². The van der Waals surface area contributed by atoms with Gasteiger partial charge in [0.15, 0.2) is 0 Å². The summed E-state index contributed by atoms with van der Waals surface area (Å²) >= 11 is 0. The Balaban J connectivity index is 2.62. The van der Waals surface area contributed by atoms with Crippen molar-refractivity contribution in [1.29, 1.82) is 0 Å². The second-order valence-electron chi connectivity index (χ2n) is 3.42. The molecule has 1 rings (SSSR count). The highest BCUT2D eigenvalue weighted by molar-refractivity contribution is 5.86. The third-order valence-electron chi connectivity index (χ3n) is 2.12. The fraction of sp³-hybridized carbons (Fsp3) is 0.250. The van der Waals surface area contributed by atoms with Gasteiger partial charge < -0.3 is 9.64 Å². The minimum atomic E-state index is -2.83. The molecule has 1 aromatic rings. The molecule has 0 spiro atoms. The highest BCUT2D eigenvalue weighted by Crippen LogP contribution is 2.15. The summed E-state index contributed by atoms with van der Waals surface area (Å²) in [7, 11) is 1.63. The zero-order valence-electron chi connectivity index (χ0n) is 9.40. The molecule has 0 aromatic heterocycles. The van der Waals surface area contributed by atoms with Crippen LogP contribution >= 0.6 is 0 Å². The van der Waals surface area contributed by atoms with E-state index in [1.807, 2.05) is 0 Å². The van der Waals surface area contributed by atoms with Gasteiger partial charge in [-0.1, -0.05) is 18.7 Å². The average Bonchev–Trinajstić information content (AvgIpc) is 2.30. The number of likely N-dealkylation sites (N-methyl/N-ethyl adjacent to an activating group) is 1. The van der Waals surface area contributed by atoms with Gasteiger partial charge in [0.1, 0.15) is 5.75 Å². The summed E-state index contributed by atoms with van der Waals surface area (Å²) in [5, 5.41) is 0. The second kappa shape index (κ2) is 5.98. The van der Waals surface area contributed by atoms with Gasteiger partial charge in [-0.05, 0) is 23.8 Å². The summed E-state index contributed by atoms with van der Waals surface area (Å²) in [5.41, 5.74) is 0.823. The van der Waals surface area contributed by atoms with Crippen molar-refractivity contribution in [2.45, 2.75) is 13.2 Å². The van der Waals surface area contributed by atoms with Gasteiger partial charge in [-0.25, -0.2) is 0 Å². The van der Waals surface area contributed by atoms with Crippen molar-refractivity contribution in [2.24, 2.45) is 0 Å². The molecule has 0 aliphatic rings. The summed E-state index contributed by atoms with van der Waals surface area (Å²) < 4.78 is 28.0. The number of amides is 1. The predicted octanol–water partition coefficient (Wildman–Crippen LogP) is 2.43. The lowest BCUT2D eigenvalue weighted by Gasteiger charge is -2.15. The largest absolute Gasteiger partial charge is 0.435 e. The van der Waals surface area contributed by atoms with Crippen LogP contribution in [0.2, 0.25) is 0 Å². The van der Waals surface area contributed by atoms with E-state index in [0.717, 1.165) is 5.56 Å². The van der Waals surface area contributed by atoms with Crippen LogP contribution in [0.5, 0.6) is 5.75 Å². The molecule has 0 bridgehead atoms. The predicted molar refractivity (Wildman–Crippen MR) is 59.7 cm³/mol. The number of nitrogens with zero attached hydrogens (tertiary/aromatic N) is 1. The molecule has 1 aromatic carbocycles. The highest BCUT2D eigenvalue weighted by atomic mass is 19.3. The Morgan fingerprint density at radius 2 is 2.06 bits per heavy atom. The monoisotopic (exact) mass is 241 g/mol. The maximum absolute atomic E-state index is 11.9. The van der Waals surface area contributed by atoms with E-state index in [0.29, 0.717) is 6.54 Å². The van der Waals surface area contributed by atoms with Crippen LogP contribution in [0, 0.1) is 0 Å². The molecule has 0 atom stereocenters. The van der Waals surface area contributed by atoms with Crippen LogP contribution in [0.15, 0.2) is 36.9 Å². The maximum atomic E-state index is 11.9. The van der Waals surface area contributed by atoms with Crippen molar-refractivity contribution >= 4 is 5.91 Å². The average molecular weight is 241 g/mol. The van der Waals surface area contributed by atoms with Crippen molar-refractivity contribution in [3.05, 3.63) is 42.5 Å². The minimum Gasteiger partial charge on any atom is -0.435 e. The van der Waals surface area contributed by atoms with Gasteiger partial charge in [0.2, 0.25) is 5.91 Å². The number of carbonyl (C=O) groups excluding carboxylic acids is 1. The fourth-order valence-electron chi connectivity index (χ4n) is 1.28. The topological polar surface area (TPSA) is 29.5 Å². The number of alkyl halides is 2. The van der Waals surface area contributed by atoms with Crippen molar-refractivity contribution in [3.8, 4) is 5.75 Å². The van der Waals surface area contributed by atoms with Crippen LogP contribution in [0.1, 0.15) is 5.56 Å². The molecule has 0 aliphatic carbocycles. The quantitative estimate of drug-likeness (QED) is 0.741. The molecule has 0 saturated heterocycles. The van der Waals surface area contributed by atoms with Gasteiger partial charge in [-0.2, -0.15) is 8.78 Å². The first-order chi connectivity index (χ1) is 8.02. The first-order valence-corrected chi connectivity index (χ1v) is 4.94. The van der Waals surface area contributed by atoms with Crippen molar-refractivity contribution in [1.82, 2.24) is 4.90 Å². The van der Waals surface area contributed by atoms with Gasteiger partial charge in [-0.15, -0.1) is 0 Å². The minimum absolute atomic E-state index is 0.0986. The number of hydrogen-bond donors (Lipinski definition) is 0. The van der Waals surface area contributed by atoms with E-state index in [1.165, 1.54) is 23.1 Å². The van der Waals surface area contributed by atoms with E-state index < -0.39 is 6.61 Å². The lowest BCUT2D eigenvalue weighted by Crippen LogP contribution is -2.23. The summed E-state index contributed by atoms with van der Waals surface area (Å²) in [6.07, 6.45) is 1.22. The van der Waals surface area contributed by atoms with E-state index in [-0.39, 0.29) is 11.7 Å². The Labute approximate surface area is 98.3 Å². The molecule has 0 aliphatic heterocycles. The first kappa shape index (κ1) is 13.2. The molecule has 3 nitrogen and oxygen atoms in total. The maximum Gasteiger partial charge on any atom is 0.387 e. The second-order valence-corrected chi connectivity index (χ2v) is 3.42. The molecular formula is C12H13F2NO2. The molecule has 5 heteroatoms. The zero-order valence-corrected chi connectivity index (χ0v) is 9.40. The Kier molecular flexibility index (Phi) is 4.63. The smallest absolute Gasteiger partial charge is 0.387 e. The summed E-state index contributed by atoms with van der Waals surface area (Å²) in [6.45, 7) is 0.936. The van der Waals surface area contributed by atoms with Crippen molar-refractivity contribution in [2.75, 3.05) is 7.05 Å². The van der Waals surface area contributed by atoms with E-state index in [4.69, 9.17) is 0 Å². The van der Waals surface area contributed by atoms with Crippen LogP contribution < -0.4 is 4.74 Å². The number of hydrogen-bond acceptors (Lipinski definition) is 2. The van der Waals surface area contributed by atoms with Gasteiger partial charge in [0.05, 0.1) is 0 Å². The van der Waals surface area contributed by atoms with Crippen LogP contribution in [0.3, 0.4) is 0 Å². The van der Waals surface area contributed by atoms with E-state index in [9.17, 15) is 13.6 Å². The number of ether oxygens (including phenoxy) is 1. The Morgan fingerprint density at radius 3 is 2.53 bits per heavy atom. The first-order valence-electron chi connectivity index (χ1n) is 4.94. The third-order valence-corrected chi connectivity index (χ3v) is 2.12. The SMILES string of the molecule is C=CC(=O)N(C)Cc1ccc(OC(F)F)cc1. The molecule has 0 unspecified atom stereocenters. The molecule has 0 N–H and O–H groups in total. The Hall–Kier alpha value is -1.91. The molecule has 0 saturated carbocycles. The molecular weight excluding hydrogens is 228 g/mol. The molecule has 92 valence electrons. The Morgan fingerprint density at radius 1 is 1.47 bits per heavy atom. The normalized spacial score (nSPS) is 10.1. The summed E-state index contributed by atoms with van der Waals surface area (Å²) in [6, 6.07) is 6.14. The number of rotatable bonds is 5. The van der Waals surface area contributed by atoms with E-state index >= 15 is 0 Å². The number of halogens is 2. The van der Waals surface area contributed by atoms with Crippen LogP contribution in [-0.2, 0) is 11.3 Å². The zero-order chi connectivity index (χ0) is 12.8. The summed E-state index contributed by atoms with van der Waals surface area (Å²) in [5.74, 6) is -0.0978. The van der Waals surface area contributed by atoms with E-state index in [2.05, 4.69) is 11.3 Å². The lowest BCUT2D eigenvalue weighted by molar-refractivity contribution is -0.125. The van der Waals surface area contributed by atoms with Crippen LogP contribution in [0.25, 0.3) is 0 Å². The molecule has 17 heavy (non-hydrogen) atoms. The van der Waals surface area contributed by atoms with Crippen molar-refractivity contribution in [3.63, 3.8) is 0 Å². The summed E-state index contributed by atoms with van der Waals surface area (Å²) in [4.78, 5) is 12.7. The molecule has 0 heterocycles. The van der Waals surface area contributed by atoms with Gasteiger partial charge in [0, 0.05) is 13.6 Å². The standard InChI is InChI=1S/C12H13F2NO2/c1-3-11(16)15(2)8-9-4-6-10(7-5-9)17-12(13)14/h3-7,12H,1,8H2,2H3. The van der Waals surface area contributed by atoms with Gasteiger partial charge in [-0.3, -0.25) is 4.79 Å². The van der Waals surface area contributed by atoms with E-state index in [1.54, 1.807) is 19.2 Å². The molecule has 1 amide bonds. The number of benzene rings is 1. The highest BCUT2D eigenvalue weighted by Gasteiger charge is 2.06. The lowest BCUT2D eigenvalue weighted by atomic mass is 10.2. The van der Waals surface area contributed by atoms with Crippen molar-refractivity contribution < 1.29 is 18.3 Å². The number of carbonyl (C=O) groups is 1. The Bertz CT molecular complexity index is 390. The van der Waals surface area contributed by atoms with Crippen LogP contribution in [0.4, 0.5) is 8.78 Å².